The van der Waals surface area contributed by atoms with Gasteiger partial charge in [0.25, 0.3) is 0 Å². The second kappa shape index (κ2) is 4.96. The van der Waals surface area contributed by atoms with Crippen molar-refractivity contribution in [1.29, 1.82) is 0 Å². The first-order valence-electron chi connectivity index (χ1n) is 3.76. The zero-order valence-corrected chi connectivity index (χ0v) is 10.3. The molecule has 0 bridgehead atoms. The van der Waals surface area contributed by atoms with Gasteiger partial charge in [-0.25, -0.2) is 4.98 Å². The predicted octanol–water partition coefficient (Wildman–Crippen LogP) is 3.06. The molecule has 0 saturated carbocycles. The molecule has 0 aliphatic carbocycles. The van der Waals surface area contributed by atoms with Crippen molar-refractivity contribution in [1.82, 2.24) is 4.98 Å². The van der Waals surface area contributed by atoms with E-state index in [1.165, 1.54) is 6.20 Å². The lowest BCUT2D eigenvalue weighted by Crippen LogP contribution is -2.20. The molecular formula is C8H7BrCl2N2O. The molecule has 0 aliphatic rings. The van der Waals surface area contributed by atoms with Crippen molar-refractivity contribution < 1.29 is 4.79 Å². The van der Waals surface area contributed by atoms with Gasteiger partial charge in [0.05, 0.1) is 16.4 Å². The molecule has 0 radical (unpaired) electrons. The van der Waals surface area contributed by atoms with Crippen LogP contribution in [0.15, 0.2) is 16.7 Å². The number of alkyl halides is 1. The number of nitrogens with zero attached hydrogens (tertiary/aromatic N) is 1. The van der Waals surface area contributed by atoms with Crippen LogP contribution >= 0.6 is 39.1 Å². The zero-order valence-electron chi connectivity index (χ0n) is 7.22. The predicted molar refractivity (Wildman–Crippen MR) is 60.9 cm³/mol. The Hall–Kier alpha value is -0.320. The van der Waals surface area contributed by atoms with Crippen LogP contribution in [0.3, 0.4) is 0 Å². The number of nitrogens with one attached hydrogen (secondary N) is 1. The van der Waals surface area contributed by atoms with Gasteiger partial charge in [-0.3, -0.25) is 4.79 Å². The molecule has 1 rings (SSSR count). The molecule has 3 nitrogen and oxygen atoms in total. The summed E-state index contributed by atoms with van der Waals surface area (Å²) in [6, 6.07) is 1.66. The standard InChI is InChI=1S/C8H7BrCl2N2O/c1-4(10)8(14)13-5-2-6(9)7(11)12-3-5/h2-4H,1H3,(H,13,14). The first-order valence-corrected chi connectivity index (χ1v) is 5.37. The summed E-state index contributed by atoms with van der Waals surface area (Å²) in [5.41, 5.74) is 0.554. The van der Waals surface area contributed by atoms with E-state index in [1.54, 1.807) is 13.0 Å². The van der Waals surface area contributed by atoms with Crippen LogP contribution in [0.4, 0.5) is 5.69 Å². The fourth-order valence-electron chi connectivity index (χ4n) is 0.731. The highest BCUT2D eigenvalue weighted by atomic mass is 79.9. The largest absolute Gasteiger partial charge is 0.323 e. The number of aromatic nitrogens is 1. The number of halogens is 3. The lowest BCUT2D eigenvalue weighted by atomic mass is 10.4. The van der Waals surface area contributed by atoms with Gasteiger partial charge in [0.2, 0.25) is 5.91 Å². The Morgan fingerprint density at radius 3 is 2.86 bits per heavy atom. The first kappa shape index (κ1) is 11.8. The summed E-state index contributed by atoms with van der Waals surface area (Å²) in [6.07, 6.45) is 1.46. The van der Waals surface area contributed by atoms with E-state index in [2.05, 4.69) is 26.2 Å². The molecule has 0 fully saturated rings. The fraction of sp³-hybridized carbons (Fsp3) is 0.250. The summed E-state index contributed by atoms with van der Waals surface area (Å²) in [5, 5.41) is 2.36. The molecule has 0 spiro atoms. The third-order valence-corrected chi connectivity index (χ3v) is 2.76. The molecular weight excluding hydrogens is 291 g/mol. The highest BCUT2D eigenvalue weighted by Gasteiger charge is 2.09. The van der Waals surface area contributed by atoms with Gasteiger partial charge in [0.15, 0.2) is 0 Å². The number of hydrogen-bond acceptors (Lipinski definition) is 2. The molecule has 0 aromatic carbocycles. The van der Waals surface area contributed by atoms with Gasteiger partial charge in [-0.05, 0) is 28.9 Å². The summed E-state index contributed by atoms with van der Waals surface area (Å²) < 4.78 is 0.624. The molecule has 0 aliphatic heterocycles. The SMILES string of the molecule is CC(Cl)C(=O)Nc1cnc(Cl)c(Br)c1. The molecule has 1 unspecified atom stereocenters. The van der Waals surface area contributed by atoms with Crippen molar-refractivity contribution in [3.05, 3.63) is 21.9 Å². The van der Waals surface area contributed by atoms with E-state index in [9.17, 15) is 4.79 Å². The minimum absolute atomic E-state index is 0.275. The molecule has 1 aromatic rings. The van der Waals surface area contributed by atoms with Crippen LogP contribution in [-0.4, -0.2) is 16.3 Å². The normalized spacial score (nSPS) is 12.3. The number of pyridine rings is 1. The van der Waals surface area contributed by atoms with Crippen LogP contribution in [0, 0.1) is 0 Å². The van der Waals surface area contributed by atoms with Crippen LogP contribution in [0.5, 0.6) is 0 Å². The first-order chi connectivity index (χ1) is 6.50. The smallest absolute Gasteiger partial charge is 0.242 e. The van der Waals surface area contributed by atoms with Gasteiger partial charge in [-0.2, -0.15) is 0 Å². The summed E-state index contributed by atoms with van der Waals surface area (Å²) in [6.45, 7) is 1.59. The van der Waals surface area contributed by atoms with E-state index in [0.717, 1.165) is 0 Å². The average Bonchev–Trinajstić information content (AvgIpc) is 2.11. The van der Waals surface area contributed by atoms with E-state index >= 15 is 0 Å². The maximum Gasteiger partial charge on any atom is 0.242 e. The molecule has 0 saturated heterocycles. The van der Waals surface area contributed by atoms with Crippen molar-refractivity contribution in [3.8, 4) is 0 Å². The third kappa shape index (κ3) is 3.12. The molecule has 1 atom stereocenters. The number of anilines is 1. The van der Waals surface area contributed by atoms with Gasteiger partial charge in [-0.1, -0.05) is 11.6 Å². The van der Waals surface area contributed by atoms with Gasteiger partial charge in [0.1, 0.15) is 10.5 Å². The highest BCUT2D eigenvalue weighted by molar-refractivity contribution is 9.10. The lowest BCUT2D eigenvalue weighted by Gasteiger charge is -2.06. The van der Waals surface area contributed by atoms with Crippen molar-refractivity contribution in [2.45, 2.75) is 12.3 Å². The molecule has 1 amide bonds. The van der Waals surface area contributed by atoms with Crippen LogP contribution in [0.2, 0.25) is 5.15 Å². The summed E-state index contributed by atoms with van der Waals surface area (Å²) in [5.74, 6) is -0.275. The van der Waals surface area contributed by atoms with Gasteiger partial charge in [-0.15, -0.1) is 11.6 Å². The molecule has 1 aromatic heterocycles. The zero-order chi connectivity index (χ0) is 10.7. The Morgan fingerprint density at radius 1 is 1.71 bits per heavy atom. The topological polar surface area (TPSA) is 42.0 Å². The number of carbonyl (C=O) groups excluding carboxylic acids is 1. The quantitative estimate of drug-likeness (QED) is 0.673. The van der Waals surface area contributed by atoms with Gasteiger partial charge >= 0.3 is 0 Å². The Morgan fingerprint density at radius 2 is 2.36 bits per heavy atom. The maximum atomic E-state index is 11.2. The van der Waals surface area contributed by atoms with Crippen LogP contribution in [0.1, 0.15) is 6.92 Å². The second-order valence-electron chi connectivity index (χ2n) is 2.60. The second-order valence-corrected chi connectivity index (χ2v) is 4.47. The Kier molecular flexibility index (Phi) is 4.16. The van der Waals surface area contributed by atoms with E-state index in [0.29, 0.717) is 15.3 Å². The van der Waals surface area contributed by atoms with E-state index in [4.69, 9.17) is 23.2 Å². The highest BCUT2D eigenvalue weighted by Crippen LogP contribution is 2.22. The van der Waals surface area contributed by atoms with E-state index < -0.39 is 5.38 Å². The average molecular weight is 298 g/mol. The lowest BCUT2D eigenvalue weighted by molar-refractivity contribution is -0.115. The molecule has 1 heterocycles. The maximum absolute atomic E-state index is 11.2. The van der Waals surface area contributed by atoms with Crippen LogP contribution < -0.4 is 5.32 Å². The number of hydrogen-bond donors (Lipinski definition) is 1. The van der Waals surface area contributed by atoms with Crippen LogP contribution in [0.25, 0.3) is 0 Å². The monoisotopic (exact) mass is 296 g/mol. The Bertz CT molecular complexity index is 357. The molecule has 76 valence electrons. The van der Waals surface area contributed by atoms with Gasteiger partial charge < -0.3 is 5.32 Å². The number of carbonyl (C=O) groups is 1. The molecule has 1 N–H and O–H groups in total. The van der Waals surface area contributed by atoms with Crippen molar-refractivity contribution >= 4 is 50.7 Å². The summed E-state index contributed by atoms with van der Waals surface area (Å²) in [7, 11) is 0. The Balaban J connectivity index is 2.78. The minimum Gasteiger partial charge on any atom is -0.323 e. The number of amides is 1. The Labute approximate surface area is 99.9 Å². The number of rotatable bonds is 2. The van der Waals surface area contributed by atoms with Crippen molar-refractivity contribution in [2.24, 2.45) is 0 Å². The van der Waals surface area contributed by atoms with E-state index in [1.807, 2.05) is 0 Å². The minimum atomic E-state index is -0.579. The fourth-order valence-corrected chi connectivity index (χ4v) is 1.24. The molecule has 14 heavy (non-hydrogen) atoms. The summed E-state index contributed by atoms with van der Waals surface area (Å²) >= 11 is 14.5. The summed E-state index contributed by atoms with van der Waals surface area (Å²) in [4.78, 5) is 15.0. The van der Waals surface area contributed by atoms with Crippen molar-refractivity contribution in [3.63, 3.8) is 0 Å². The van der Waals surface area contributed by atoms with Gasteiger partial charge in [0, 0.05) is 0 Å². The van der Waals surface area contributed by atoms with E-state index in [-0.39, 0.29) is 5.91 Å². The van der Waals surface area contributed by atoms with Crippen molar-refractivity contribution in [2.75, 3.05) is 5.32 Å². The van der Waals surface area contributed by atoms with Crippen LogP contribution in [-0.2, 0) is 4.79 Å². The third-order valence-electron chi connectivity index (χ3n) is 1.43. The molecule has 6 heteroatoms.